The van der Waals surface area contributed by atoms with Crippen LogP contribution in [0.4, 0.5) is 0 Å². The number of carbonyl (C=O) groups is 1. The minimum atomic E-state index is -0.600. The molecule has 0 bridgehead atoms. The standard InChI is InChI=1S/C11H15ClN2O2/c1-3-11(2,7-15)14-10(16)8-4-5-9(12)13-6-8/h4-6,15H,3,7H2,1-2H3,(H,14,16). The van der Waals surface area contributed by atoms with Crippen LogP contribution in [0.15, 0.2) is 18.3 Å². The Morgan fingerprint density at radius 1 is 1.62 bits per heavy atom. The summed E-state index contributed by atoms with van der Waals surface area (Å²) >= 11 is 5.62. The number of aliphatic hydroxyl groups excluding tert-OH is 1. The predicted octanol–water partition coefficient (Wildman–Crippen LogP) is 1.63. The molecule has 1 rings (SSSR count). The summed E-state index contributed by atoms with van der Waals surface area (Å²) in [6.45, 7) is 3.58. The summed E-state index contributed by atoms with van der Waals surface area (Å²) in [5, 5.41) is 12.3. The number of hydrogen-bond donors (Lipinski definition) is 2. The van der Waals surface area contributed by atoms with Gasteiger partial charge in [0.2, 0.25) is 0 Å². The molecule has 0 saturated carbocycles. The second-order valence-electron chi connectivity index (χ2n) is 3.90. The van der Waals surface area contributed by atoms with Crippen LogP contribution in [0, 0.1) is 0 Å². The maximum atomic E-state index is 11.8. The largest absolute Gasteiger partial charge is 0.394 e. The van der Waals surface area contributed by atoms with E-state index < -0.39 is 5.54 Å². The van der Waals surface area contributed by atoms with E-state index in [-0.39, 0.29) is 12.5 Å². The van der Waals surface area contributed by atoms with Crippen LogP contribution in [0.25, 0.3) is 0 Å². The first-order valence-electron chi connectivity index (χ1n) is 5.05. The minimum absolute atomic E-state index is 0.101. The maximum Gasteiger partial charge on any atom is 0.253 e. The Hall–Kier alpha value is -1.13. The Morgan fingerprint density at radius 3 is 2.75 bits per heavy atom. The average Bonchev–Trinajstić information content (AvgIpc) is 2.29. The van der Waals surface area contributed by atoms with Gasteiger partial charge in [-0.25, -0.2) is 4.98 Å². The van der Waals surface area contributed by atoms with E-state index in [9.17, 15) is 9.90 Å². The van der Waals surface area contributed by atoms with Gasteiger partial charge in [-0.1, -0.05) is 18.5 Å². The van der Waals surface area contributed by atoms with Crippen LogP contribution in [0.3, 0.4) is 0 Å². The third-order valence-electron chi connectivity index (χ3n) is 2.53. The molecule has 0 fully saturated rings. The van der Waals surface area contributed by atoms with Crippen LogP contribution in [-0.4, -0.2) is 28.1 Å². The van der Waals surface area contributed by atoms with Crippen molar-refractivity contribution in [3.63, 3.8) is 0 Å². The highest BCUT2D eigenvalue weighted by atomic mass is 35.5. The third-order valence-corrected chi connectivity index (χ3v) is 2.76. The van der Waals surface area contributed by atoms with Gasteiger partial charge in [-0.2, -0.15) is 0 Å². The van der Waals surface area contributed by atoms with Crippen LogP contribution in [0.2, 0.25) is 5.15 Å². The summed E-state index contributed by atoms with van der Waals surface area (Å²) in [6, 6.07) is 3.15. The summed E-state index contributed by atoms with van der Waals surface area (Å²) < 4.78 is 0. The molecule has 0 aromatic carbocycles. The lowest BCUT2D eigenvalue weighted by Crippen LogP contribution is -2.48. The number of carbonyl (C=O) groups excluding carboxylic acids is 1. The molecular weight excluding hydrogens is 228 g/mol. The van der Waals surface area contributed by atoms with Crippen LogP contribution < -0.4 is 5.32 Å². The molecule has 0 aliphatic rings. The van der Waals surface area contributed by atoms with Crippen LogP contribution >= 0.6 is 11.6 Å². The summed E-state index contributed by atoms with van der Waals surface area (Å²) in [5.41, 5.74) is -0.172. The van der Waals surface area contributed by atoms with Crippen molar-refractivity contribution in [3.05, 3.63) is 29.0 Å². The van der Waals surface area contributed by atoms with E-state index in [0.29, 0.717) is 17.1 Å². The van der Waals surface area contributed by atoms with Gasteiger partial charge in [-0.05, 0) is 25.5 Å². The molecule has 16 heavy (non-hydrogen) atoms. The van der Waals surface area contributed by atoms with E-state index >= 15 is 0 Å². The number of nitrogens with one attached hydrogen (secondary N) is 1. The number of aliphatic hydroxyl groups is 1. The Labute approximate surface area is 99.6 Å². The first kappa shape index (κ1) is 12.9. The highest BCUT2D eigenvalue weighted by Crippen LogP contribution is 2.10. The van der Waals surface area contributed by atoms with Gasteiger partial charge in [-0.15, -0.1) is 0 Å². The topological polar surface area (TPSA) is 62.2 Å². The molecule has 1 aromatic rings. The van der Waals surface area contributed by atoms with Gasteiger partial charge >= 0.3 is 0 Å². The minimum Gasteiger partial charge on any atom is -0.394 e. The van der Waals surface area contributed by atoms with Gasteiger partial charge in [-0.3, -0.25) is 4.79 Å². The van der Waals surface area contributed by atoms with Gasteiger partial charge in [0.25, 0.3) is 5.91 Å². The molecule has 88 valence electrons. The normalized spacial score (nSPS) is 14.2. The van der Waals surface area contributed by atoms with Crippen LogP contribution in [0.1, 0.15) is 30.6 Å². The Balaban J connectivity index is 2.76. The van der Waals surface area contributed by atoms with Crippen LogP contribution in [0.5, 0.6) is 0 Å². The van der Waals surface area contributed by atoms with Gasteiger partial charge in [0, 0.05) is 6.20 Å². The number of pyridine rings is 1. The first-order valence-corrected chi connectivity index (χ1v) is 5.43. The van der Waals surface area contributed by atoms with E-state index in [1.54, 1.807) is 19.1 Å². The van der Waals surface area contributed by atoms with Crippen molar-refractivity contribution in [2.45, 2.75) is 25.8 Å². The highest BCUT2D eigenvalue weighted by molar-refractivity contribution is 6.29. The lowest BCUT2D eigenvalue weighted by atomic mass is 10.00. The Morgan fingerprint density at radius 2 is 2.31 bits per heavy atom. The molecule has 1 atom stereocenters. The zero-order valence-electron chi connectivity index (χ0n) is 9.33. The number of amides is 1. The van der Waals surface area contributed by atoms with Gasteiger partial charge < -0.3 is 10.4 Å². The fraction of sp³-hybridized carbons (Fsp3) is 0.455. The molecule has 0 spiro atoms. The third kappa shape index (κ3) is 3.18. The average molecular weight is 243 g/mol. The zero-order chi connectivity index (χ0) is 12.2. The quantitative estimate of drug-likeness (QED) is 0.789. The summed E-state index contributed by atoms with van der Waals surface area (Å²) in [4.78, 5) is 15.6. The number of rotatable bonds is 4. The monoisotopic (exact) mass is 242 g/mol. The number of hydrogen-bond acceptors (Lipinski definition) is 3. The van der Waals surface area contributed by atoms with Crippen LogP contribution in [-0.2, 0) is 0 Å². The number of nitrogens with zero attached hydrogens (tertiary/aromatic N) is 1. The molecular formula is C11H15ClN2O2. The second kappa shape index (κ2) is 5.27. The molecule has 0 saturated heterocycles. The molecule has 0 aliphatic carbocycles. The summed E-state index contributed by atoms with van der Waals surface area (Å²) in [7, 11) is 0. The fourth-order valence-electron chi connectivity index (χ4n) is 1.10. The van der Waals surface area contributed by atoms with E-state index in [2.05, 4.69) is 10.3 Å². The van der Waals surface area contributed by atoms with Crippen molar-refractivity contribution >= 4 is 17.5 Å². The lowest BCUT2D eigenvalue weighted by molar-refractivity contribution is 0.0847. The molecule has 4 nitrogen and oxygen atoms in total. The fourth-order valence-corrected chi connectivity index (χ4v) is 1.21. The summed E-state index contributed by atoms with van der Waals surface area (Å²) in [6.07, 6.45) is 2.06. The molecule has 2 N–H and O–H groups in total. The van der Waals surface area contributed by atoms with Crippen molar-refractivity contribution in [1.82, 2.24) is 10.3 Å². The molecule has 0 radical (unpaired) electrons. The predicted molar refractivity (Wildman–Crippen MR) is 62.5 cm³/mol. The molecule has 0 aliphatic heterocycles. The Kier molecular flexibility index (Phi) is 4.26. The zero-order valence-corrected chi connectivity index (χ0v) is 10.1. The highest BCUT2D eigenvalue weighted by Gasteiger charge is 2.23. The van der Waals surface area contributed by atoms with Crippen molar-refractivity contribution in [3.8, 4) is 0 Å². The molecule has 1 unspecified atom stereocenters. The van der Waals surface area contributed by atoms with Gasteiger partial charge in [0.05, 0.1) is 17.7 Å². The van der Waals surface area contributed by atoms with Gasteiger partial charge in [0.15, 0.2) is 0 Å². The van der Waals surface area contributed by atoms with Crippen molar-refractivity contribution in [2.24, 2.45) is 0 Å². The van der Waals surface area contributed by atoms with Crippen molar-refractivity contribution in [1.29, 1.82) is 0 Å². The molecule has 1 heterocycles. The molecule has 1 aromatic heterocycles. The van der Waals surface area contributed by atoms with E-state index in [0.717, 1.165) is 0 Å². The Bertz CT molecular complexity index is 361. The number of aromatic nitrogens is 1. The lowest BCUT2D eigenvalue weighted by Gasteiger charge is -2.27. The van der Waals surface area contributed by atoms with Gasteiger partial charge in [0.1, 0.15) is 5.15 Å². The summed E-state index contributed by atoms with van der Waals surface area (Å²) in [5.74, 6) is -0.262. The SMILES string of the molecule is CCC(C)(CO)NC(=O)c1ccc(Cl)nc1. The smallest absolute Gasteiger partial charge is 0.253 e. The van der Waals surface area contributed by atoms with E-state index in [1.165, 1.54) is 6.20 Å². The first-order chi connectivity index (χ1) is 7.50. The van der Waals surface area contributed by atoms with E-state index in [4.69, 9.17) is 11.6 Å². The van der Waals surface area contributed by atoms with Crippen molar-refractivity contribution in [2.75, 3.05) is 6.61 Å². The van der Waals surface area contributed by atoms with Crippen molar-refractivity contribution < 1.29 is 9.90 Å². The molecule has 1 amide bonds. The van der Waals surface area contributed by atoms with E-state index in [1.807, 2.05) is 6.92 Å². The molecule has 5 heteroatoms. The second-order valence-corrected chi connectivity index (χ2v) is 4.28. The maximum absolute atomic E-state index is 11.8. The number of halogens is 1.